The van der Waals surface area contributed by atoms with Gasteiger partial charge in [0.1, 0.15) is 5.82 Å². The number of aliphatic hydroxyl groups excluding tert-OH is 1. The molecule has 0 bridgehead atoms. The number of carbonyl (C=O) groups excluding carboxylic acids is 3. The van der Waals surface area contributed by atoms with E-state index in [1.807, 2.05) is 0 Å². The first-order valence-electron chi connectivity index (χ1n) is 10.2. The summed E-state index contributed by atoms with van der Waals surface area (Å²) in [6.07, 6.45) is -0.836. The molecule has 0 aromatic heterocycles. The predicted molar refractivity (Wildman–Crippen MR) is 117 cm³/mol. The van der Waals surface area contributed by atoms with E-state index in [1.54, 1.807) is 18.2 Å². The van der Waals surface area contributed by atoms with Crippen molar-refractivity contribution in [2.45, 2.75) is 25.2 Å². The third-order valence-electron chi connectivity index (χ3n) is 4.91. The second-order valence-electron chi connectivity index (χ2n) is 7.40. The van der Waals surface area contributed by atoms with E-state index >= 15 is 0 Å². The zero-order valence-corrected chi connectivity index (χ0v) is 18.3. The molecule has 3 rings (SSSR count). The van der Waals surface area contributed by atoms with Crippen LogP contribution in [0.3, 0.4) is 0 Å². The molecule has 1 fully saturated rings. The molecule has 0 radical (unpaired) electrons. The Morgan fingerprint density at radius 3 is 2.73 bits per heavy atom. The van der Waals surface area contributed by atoms with Crippen molar-refractivity contribution < 1.29 is 33.7 Å². The van der Waals surface area contributed by atoms with Gasteiger partial charge < -0.3 is 30.5 Å². The van der Waals surface area contributed by atoms with Crippen LogP contribution >= 0.6 is 11.6 Å². The van der Waals surface area contributed by atoms with Gasteiger partial charge in [-0.25, -0.2) is 9.18 Å². The third-order valence-corrected chi connectivity index (χ3v) is 5.13. The quantitative estimate of drug-likeness (QED) is 0.338. The molecule has 33 heavy (non-hydrogen) atoms. The molecule has 0 saturated carbocycles. The third kappa shape index (κ3) is 6.19. The van der Waals surface area contributed by atoms with E-state index < -0.39 is 23.6 Å². The molecular weight excluding hydrogens is 457 g/mol. The normalized spacial score (nSPS) is 17.7. The zero-order valence-electron chi connectivity index (χ0n) is 17.5. The monoisotopic (exact) mass is 479 g/mol. The molecular formula is C22H23ClFN3O6. The summed E-state index contributed by atoms with van der Waals surface area (Å²) in [5.41, 5.74) is 1.02. The summed E-state index contributed by atoms with van der Waals surface area (Å²) >= 11 is 5.77. The molecule has 0 aliphatic carbocycles. The summed E-state index contributed by atoms with van der Waals surface area (Å²) in [5.74, 6) is -4.19. The molecule has 1 heterocycles. The van der Waals surface area contributed by atoms with Crippen LogP contribution in [0.25, 0.3) is 0 Å². The van der Waals surface area contributed by atoms with Crippen LogP contribution in [0.2, 0.25) is 5.02 Å². The van der Waals surface area contributed by atoms with Crippen molar-refractivity contribution in [1.29, 1.82) is 0 Å². The number of amides is 3. The Morgan fingerprint density at radius 2 is 2.00 bits per heavy atom. The molecule has 0 unspecified atom stereocenters. The SMILES string of the molecule is O=C(NCc1cc(F)cc(Cl)c1)O[C@@]1(O)CCN(c2cccc(C(=O)NCCCO)c2)C1=O. The highest BCUT2D eigenvalue weighted by molar-refractivity contribution is 6.30. The van der Waals surface area contributed by atoms with Crippen LogP contribution in [0.15, 0.2) is 42.5 Å². The first-order chi connectivity index (χ1) is 15.7. The number of aliphatic hydroxyl groups is 2. The van der Waals surface area contributed by atoms with Crippen molar-refractivity contribution in [2.75, 3.05) is 24.6 Å². The number of hydrogen-bond donors (Lipinski definition) is 4. The van der Waals surface area contributed by atoms with Crippen molar-refractivity contribution in [3.63, 3.8) is 0 Å². The van der Waals surface area contributed by atoms with Crippen molar-refractivity contribution in [3.8, 4) is 0 Å². The Bertz CT molecular complexity index is 1030. The largest absolute Gasteiger partial charge is 0.410 e. The second kappa shape index (κ2) is 10.6. The van der Waals surface area contributed by atoms with E-state index in [2.05, 4.69) is 10.6 Å². The number of halogens is 2. The number of nitrogens with one attached hydrogen (secondary N) is 2. The molecule has 176 valence electrons. The maximum Gasteiger partial charge on any atom is 0.410 e. The predicted octanol–water partition coefficient (Wildman–Crippen LogP) is 1.94. The van der Waals surface area contributed by atoms with Crippen molar-refractivity contribution in [1.82, 2.24) is 10.6 Å². The van der Waals surface area contributed by atoms with Crippen LogP contribution in [-0.4, -0.2) is 53.6 Å². The average Bonchev–Trinajstić information content (AvgIpc) is 3.06. The number of carbonyl (C=O) groups is 3. The molecule has 1 atom stereocenters. The van der Waals surface area contributed by atoms with Crippen LogP contribution in [-0.2, 0) is 16.1 Å². The fraction of sp³-hybridized carbons (Fsp3) is 0.318. The van der Waals surface area contributed by atoms with Gasteiger partial charge in [-0.2, -0.15) is 0 Å². The average molecular weight is 480 g/mol. The molecule has 1 aliphatic rings. The van der Waals surface area contributed by atoms with Crippen LogP contribution < -0.4 is 15.5 Å². The summed E-state index contributed by atoms with van der Waals surface area (Å²) in [5, 5.41) is 24.6. The fourth-order valence-electron chi connectivity index (χ4n) is 3.30. The Hall–Kier alpha value is -3.21. The van der Waals surface area contributed by atoms with Gasteiger partial charge in [0, 0.05) is 48.9 Å². The first kappa shape index (κ1) is 24.4. The zero-order chi connectivity index (χ0) is 24.0. The lowest BCUT2D eigenvalue weighted by Gasteiger charge is -2.22. The minimum absolute atomic E-state index is 0.0509. The number of alkyl carbamates (subject to hydrolysis) is 1. The van der Waals surface area contributed by atoms with Gasteiger partial charge in [0.15, 0.2) is 0 Å². The van der Waals surface area contributed by atoms with E-state index in [9.17, 15) is 23.9 Å². The minimum atomic E-state index is -2.39. The molecule has 2 aromatic carbocycles. The molecule has 4 N–H and O–H groups in total. The lowest BCUT2D eigenvalue weighted by Crippen LogP contribution is -2.46. The number of nitrogens with zero attached hydrogens (tertiary/aromatic N) is 1. The number of hydrogen-bond acceptors (Lipinski definition) is 6. The summed E-state index contributed by atoms with van der Waals surface area (Å²) in [6, 6.07) is 9.95. The van der Waals surface area contributed by atoms with Gasteiger partial charge in [-0.15, -0.1) is 0 Å². The van der Waals surface area contributed by atoms with Crippen LogP contribution in [0.1, 0.15) is 28.8 Å². The molecule has 11 heteroatoms. The number of benzene rings is 2. The Kier molecular flexibility index (Phi) is 7.85. The van der Waals surface area contributed by atoms with Gasteiger partial charge >= 0.3 is 6.09 Å². The number of ether oxygens (including phenoxy) is 1. The highest BCUT2D eigenvalue weighted by Gasteiger charge is 2.49. The van der Waals surface area contributed by atoms with Crippen molar-refractivity contribution in [3.05, 3.63) is 64.4 Å². The standard InChI is InChI=1S/C22H23ClFN3O6/c23-16-9-14(10-17(24)12-16)13-26-21(31)33-22(32)5-7-27(20(22)30)18-4-1-3-15(11-18)19(29)25-6-2-8-28/h1,3-4,9-12,28,32H,2,5-8,13H2,(H,25,29)(H,26,31)/t22-/m0/s1. The molecule has 2 aromatic rings. The Balaban J connectivity index is 1.61. The van der Waals surface area contributed by atoms with Crippen LogP contribution in [0.4, 0.5) is 14.9 Å². The lowest BCUT2D eigenvalue weighted by atomic mass is 10.1. The highest BCUT2D eigenvalue weighted by atomic mass is 35.5. The maximum atomic E-state index is 13.4. The Morgan fingerprint density at radius 1 is 1.21 bits per heavy atom. The van der Waals surface area contributed by atoms with Crippen molar-refractivity contribution >= 4 is 35.2 Å². The van der Waals surface area contributed by atoms with Gasteiger partial charge in [0.05, 0.1) is 0 Å². The molecule has 0 spiro atoms. The van der Waals surface area contributed by atoms with Gasteiger partial charge in [0.25, 0.3) is 17.6 Å². The number of anilines is 1. The Labute approximate surface area is 194 Å². The molecule has 9 nitrogen and oxygen atoms in total. The van der Waals surface area contributed by atoms with E-state index in [-0.39, 0.29) is 37.0 Å². The summed E-state index contributed by atoms with van der Waals surface area (Å²) in [7, 11) is 0. The van der Waals surface area contributed by atoms with Gasteiger partial charge in [-0.1, -0.05) is 17.7 Å². The van der Waals surface area contributed by atoms with Crippen molar-refractivity contribution in [2.24, 2.45) is 0 Å². The van der Waals surface area contributed by atoms with Gasteiger partial charge in [0.2, 0.25) is 0 Å². The van der Waals surface area contributed by atoms with Gasteiger partial charge in [-0.3, -0.25) is 9.59 Å². The van der Waals surface area contributed by atoms with Crippen LogP contribution in [0.5, 0.6) is 0 Å². The van der Waals surface area contributed by atoms with E-state index in [0.29, 0.717) is 29.8 Å². The maximum absolute atomic E-state index is 13.4. The minimum Gasteiger partial charge on any atom is -0.407 e. The lowest BCUT2D eigenvalue weighted by molar-refractivity contribution is -0.175. The molecule has 1 saturated heterocycles. The first-order valence-corrected chi connectivity index (χ1v) is 10.5. The summed E-state index contributed by atoms with van der Waals surface area (Å²) in [6.45, 7) is 0.174. The second-order valence-corrected chi connectivity index (χ2v) is 7.83. The van der Waals surface area contributed by atoms with E-state index in [1.165, 1.54) is 23.1 Å². The highest BCUT2D eigenvalue weighted by Crippen LogP contribution is 2.30. The fourth-order valence-corrected chi connectivity index (χ4v) is 3.54. The molecule has 1 aliphatic heterocycles. The summed E-state index contributed by atoms with van der Waals surface area (Å²) in [4.78, 5) is 38.4. The summed E-state index contributed by atoms with van der Waals surface area (Å²) < 4.78 is 18.4. The number of rotatable bonds is 8. The van der Waals surface area contributed by atoms with Gasteiger partial charge in [-0.05, 0) is 48.4 Å². The van der Waals surface area contributed by atoms with E-state index in [0.717, 1.165) is 6.07 Å². The van der Waals surface area contributed by atoms with E-state index in [4.69, 9.17) is 21.4 Å². The smallest absolute Gasteiger partial charge is 0.407 e. The van der Waals surface area contributed by atoms with Crippen LogP contribution in [0, 0.1) is 5.82 Å². The topological polar surface area (TPSA) is 128 Å². The molecule has 3 amide bonds.